The lowest BCUT2D eigenvalue weighted by molar-refractivity contribution is 0.0727. The fourth-order valence-corrected chi connectivity index (χ4v) is 5.34. The normalized spacial score (nSPS) is 17.0. The molecule has 0 N–H and O–H groups in total. The van der Waals surface area contributed by atoms with E-state index in [2.05, 4.69) is 13.8 Å². The van der Waals surface area contributed by atoms with E-state index in [4.69, 9.17) is 9.47 Å². The van der Waals surface area contributed by atoms with Crippen LogP contribution in [-0.4, -0.2) is 12.6 Å². The van der Waals surface area contributed by atoms with Crippen molar-refractivity contribution in [3.05, 3.63) is 83.2 Å². The summed E-state index contributed by atoms with van der Waals surface area (Å²) in [6.07, 6.45) is 10.6. The standard InChI is InChI=1S/C34H39F3O3/c1-3-4-5-6-7-8-21-39-27-17-20-31(30(35)22-27)40-34(38)26-15-13-25(14-16-26)29-19-18-28(32(36)33(29)37)24-11-9-23(2)10-12-24/h13-20,22-24H,3-12,21H2,1-2H3. The van der Waals surface area contributed by atoms with Crippen molar-refractivity contribution in [1.29, 1.82) is 0 Å². The number of unbranched alkanes of at least 4 members (excludes halogenated alkanes) is 5. The highest BCUT2D eigenvalue weighted by Crippen LogP contribution is 2.38. The van der Waals surface area contributed by atoms with E-state index in [-0.39, 0.29) is 22.8 Å². The summed E-state index contributed by atoms with van der Waals surface area (Å²) in [5.74, 6) is -2.29. The first-order chi connectivity index (χ1) is 19.4. The van der Waals surface area contributed by atoms with Crippen molar-refractivity contribution in [3.8, 4) is 22.6 Å². The maximum absolute atomic E-state index is 15.0. The second kappa shape index (κ2) is 14.4. The second-order valence-corrected chi connectivity index (χ2v) is 11.0. The zero-order valence-corrected chi connectivity index (χ0v) is 23.5. The van der Waals surface area contributed by atoms with Crippen LogP contribution in [0.5, 0.6) is 11.5 Å². The van der Waals surface area contributed by atoms with Gasteiger partial charge in [0.1, 0.15) is 5.75 Å². The molecule has 0 heterocycles. The third-order valence-electron chi connectivity index (χ3n) is 7.87. The van der Waals surface area contributed by atoms with Gasteiger partial charge in [-0.05, 0) is 66.5 Å². The summed E-state index contributed by atoms with van der Waals surface area (Å²) in [5.41, 5.74) is 1.18. The molecule has 0 bridgehead atoms. The number of rotatable bonds is 12. The smallest absolute Gasteiger partial charge is 0.343 e. The molecule has 0 saturated heterocycles. The van der Waals surface area contributed by atoms with Crippen LogP contribution >= 0.6 is 0 Å². The van der Waals surface area contributed by atoms with Gasteiger partial charge in [-0.25, -0.2) is 18.0 Å². The molecule has 3 aromatic carbocycles. The predicted molar refractivity (Wildman–Crippen MR) is 152 cm³/mol. The number of ether oxygens (including phenoxy) is 2. The molecule has 0 spiro atoms. The van der Waals surface area contributed by atoms with Gasteiger partial charge in [0.05, 0.1) is 12.2 Å². The molecule has 1 fully saturated rings. The number of esters is 1. The third kappa shape index (κ3) is 7.67. The van der Waals surface area contributed by atoms with Crippen molar-refractivity contribution in [2.45, 2.75) is 84.0 Å². The Morgan fingerprint density at radius 3 is 2.23 bits per heavy atom. The van der Waals surface area contributed by atoms with Crippen LogP contribution in [0.4, 0.5) is 13.2 Å². The Labute approximate surface area is 235 Å². The Hall–Kier alpha value is -3.28. The van der Waals surface area contributed by atoms with E-state index < -0.39 is 23.4 Å². The van der Waals surface area contributed by atoms with E-state index in [1.54, 1.807) is 18.2 Å². The number of carbonyl (C=O) groups is 1. The number of hydrogen-bond acceptors (Lipinski definition) is 3. The Kier molecular flexibility index (Phi) is 10.7. The van der Waals surface area contributed by atoms with Crippen molar-refractivity contribution >= 4 is 5.97 Å². The van der Waals surface area contributed by atoms with Crippen molar-refractivity contribution in [2.75, 3.05) is 6.61 Å². The van der Waals surface area contributed by atoms with Crippen molar-refractivity contribution in [3.63, 3.8) is 0 Å². The average molecular weight is 553 g/mol. The van der Waals surface area contributed by atoms with Crippen LogP contribution in [0.2, 0.25) is 0 Å². The third-order valence-corrected chi connectivity index (χ3v) is 7.87. The first-order valence-electron chi connectivity index (χ1n) is 14.6. The number of carbonyl (C=O) groups excluding carboxylic acids is 1. The average Bonchev–Trinajstić information content (AvgIpc) is 2.96. The highest BCUT2D eigenvalue weighted by Gasteiger charge is 2.25. The van der Waals surface area contributed by atoms with Gasteiger partial charge in [-0.2, -0.15) is 0 Å². The molecular formula is C34H39F3O3. The maximum atomic E-state index is 15.0. The molecule has 3 aromatic rings. The maximum Gasteiger partial charge on any atom is 0.343 e. The van der Waals surface area contributed by atoms with E-state index in [1.165, 1.54) is 62.1 Å². The van der Waals surface area contributed by atoms with Crippen LogP contribution in [0.15, 0.2) is 54.6 Å². The first kappa shape index (κ1) is 29.7. The number of halogens is 3. The summed E-state index contributed by atoms with van der Waals surface area (Å²) < 4.78 is 55.5. The fourth-order valence-electron chi connectivity index (χ4n) is 5.34. The Morgan fingerprint density at radius 1 is 0.825 bits per heavy atom. The molecule has 4 rings (SSSR count). The molecule has 40 heavy (non-hydrogen) atoms. The summed E-state index contributed by atoms with van der Waals surface area (Å²) in [7, 11) is 0. The lowest BCUT2D eigenvalue weighted by Crippen LogP contribution is -2.13. The quantitative estimate of drug-likeness (QED) is 0.127. The molecule has 0 radical (unpaired) electrons. The van der Waals surface area contributed by atoms with Gasteiger partial charge in [-0.3, -0.25) is 0 Å². The predicted octanol–water partition coefficient (Wildman–Crippen LogP) is 10.0. The summed E-state index contributed by atoms with van der Waals surface area (Å²) in [4.78, 5) is 12.6. The Bertz CT molecular complexity index is 1260. The van der Waals surface area contributed by atoms with Gasteiger partial charge in [-0.1, -0.05) is 83.1 Å². The van der Waals surface area contributed by atoms with Crippen molar-refractivity contribution in [2.24, 2.45) is 5.92 Å². The topological polar surface area (TPSA) is 35.5 Å². The van der Waals surface area contributed by atoms with E-state index >= 15 is 4.39 Å². The highest BCUT2D eigenvalue weighted by molar-refractivity contribution is 5.91. The minimum absolute atomic E-state index is 0.0400. The van der Waals surface area contributed by atoms with Crippen LogP contribution in [-0.2, 0) is 0 Å². The van der Waals surface area contributed by atoms with Crippen molar-refractivity contribution in [1.82, 2.24) is 0 Å². The lowest BCUT2D eigenvalue weighted by Gasteiger charge is -2.27. The molecule has 0 unspecified atom stereocenters. The summed E-state index contributed by atoms with van der Waals surface area (Å²) in [6.45, 7) is 4.87. The molecule has 3 nitrogen and oxygen atoms in total. The van der Waals surface area contributed by atoms with Gasteiger partial charge in [0.15, 0.2) is 23.2 Å². The number of hydrogen-bond donors (Lipinski definition) is 0. The molecule has 0 atom stereocenters. The summed E-state index contributed by atoms with van der Waals surface area (Å²) >= 11 is 0. The minimum Gasteiger partial charge on any atom is -0.493 e. The van der Waals surface area contributed by atoms with Crippen LogP contribution in [0, 0.1) is 23.4 Å². The van der Waals surface area contributed by atoms with Gasteiger partial charge >= 0.3 is 5.97 Å². The highest BCUT2D eigenvalue weighted by atomic mass is 19.2. The summed E-state index contributed by atoms with van der Waals surface area (Å²) in [6, 6.07) is 13.4. The molecule has 0 aromatic heterocycles. The van der Waals surface area contributed by atoms with Gasteiger partial charge in [-0.15, -0.1) is 0 Å². The van der Waals surface area contributed by atoms with Crippen molar-refractivity contribution < 1.29 is 27.4 Å². The van der Waals surface area contributed by atoms with E-state index in [1.807, 2.05) is 0 Å². The minimum atomic E-state index is -0.882. The molecule has 1 aliphatic rings. The molecule has 6 heteroatoms. The fraction of sp³-hybridized carbons (Fsp3) is 0.441. The first-order valence-corrected chi connectivity index (χ1v) is 14.6. The molecule has 214 valence electrons. The molecule has 0 aliphatic heterocycles. The van der Waals surface area contributed by atoms with Crippen LogP contribution in [0.25, 0.3) is 11.1 Å². The number of benzene rings is 3. The Morgan fingerprint density at radius 2 is 1.52 bits per heavy atom. The van der Waals surface area contributed by atoms with Gasteiger partial charge < -0.3 is 9.47 Å². The van der Waals surface area contributed by atoms with Crippen LogP contribution in [0.1, 0.15) is 99.9 Å². The summed E-state index contributed by atoms with van der Waals surface area (Å²) in [5, 5.41) is 0. The van der Waals surface area contributed by atoms with Crippen LogP contribution in [0.3, 0.4) is 0 Å². The SMILES string of the molecule is CCCCCCCCOc1ccc(OC(=O)c2ccc(-c3ccc(C4CCC(C)CC4)c(F)c3F)cc2)c(F)c1. The van der Waals surface area contributed by atoms with Gasteiger partial charge in [0.25, 0.3) is 0 Å². The molecule has 0 amide bonds. The van der Waals surface area contributed by atoms with Crippen LogP contribution < -0.4 is 9.47 Å². The molecular weight excluding hydrogens is 513 g/mol. The van der Waals surface area contributed by atoms with Gasteiger partial charge in [0, 0.05) is 11.6 Å². The second-order valence-electron chi connectivity index (χ2n) is 11.0. The van der Waals surface area contributed by atoms with E-state index in [0.29, 0.717) is 29.4 Å². The van der Waals surface area contributed by atoms with Gasteiger partial charge in [0.2, 0.25) is 0 Å². The van der Waals surface area contributed by atoms with E-state index in [9.17, 15) is 13.6 Å². The molecule has 1 aliphatic carbocycles. The monoisotopic (exact) mass is 552 g/mol. The zero-order chi connectivity index (χ0) is 28.5. The largest absolute Gasteiger partial charge is 0.493 e. The Balaban J connectivity index is 1.34. The van der Waals surface area contributed by atoms with E-state index in [0.717, 1.165) is 38.5 Å². The zero-order valence-electron chi connectivity index (χ0n) is 23.5. The molecule has 1 saturated carbocycles. The lowest BCUT2D eigenvalue weighted by atomic mass is 9.79.